The molecule has 0 aliphatic rings. The van der Waals surface area contributed by atoms with E-state index >= 15 is 0 Å². The molecule has 0 aliphatic carbocycles. The summed E-state index contributed by atoms with van der Waals surface area (Å²) >= 11 is -1.74. The van der Waals surface area contributed by atoms with Crippen LogP contribution in [0.2, 0.25) is 0 Å². The van der Waals surface area contributed by atoms with E-state index in [1.165, 1.54) is 0 Å². The van der Waals surface area contributed by atoms with Crippen LogP contribution in [0.4, 0.5) is 0 Å². The molecule has 2 nitrogen and oxygen atoms in total. The normalized spacial score (nSPS) is 12.9. The SMILES string of the molecule is Cc1ccc(C)c(CS(=O)O)c1. The van der Waals surface area contributed by atoms with E-state index < -0.39 is 11.1 Å². The second-order valence-electron chi connectivity index (χ2n) is 2.90. The van der Waals surface area contributed by atoms with Crippen LogP contribution in [0, 0.1) is 13.8 Å². The van der Waals surface area contributed by atoms with Crippen molar-refractivity contribution in [2.45, 2.75) is 19.6 Å². The van der Waals surface area contributed by atoms with E-state index in [2.05, 4.69) is 0 Å². The average molecular weight is 184 g/mol. The smallest absolute Gasteiger partial charge is 0.157 e. The van der Waals surface area contributed by atoms with Gasteiger partial charge in [0.25, 0.3) is 0 Å². The minimum atomic E-state index is -1.74. The summed E-state index contributed by atoms with van der Waals surface area (Å²) in [4.78, 5) is 0. The zero-order valence-electron chi connectivity index (χ0n) is 7.20. The molecule has 66 valence electrons. The summed E-state index contributed by atoms with van der Waals surface area (Å²) in [5.41, 5.74) is 3.15. The Morgan fingerprint density at radius 3 is 2.67 bits per heavy atom. The van der Waals surface area contributed by atoms with Gasteiger partial charge in [-0.05, 0) is 25.0 Å². The van der Waals surface area contributed by atoms with E-state index in [1.54, 1.807) is 0 Å². The lowest BCUT2D eigenvalue weighted by atomic mass is 10.1. The van der Waals surface area contributed by atoms with Crippen LogP contribution in [-0.4, -0.2) is 8.76 Å². The molecular formula is C9H12O2S. The van der Waals surface area contributed by atoms with Gasteiger partial charge in [0.05, 0.1) is 5.75 Å². The third-order valence-electron chi connectivity index (χ3n) is 1.78. The second-order valence-corrected chi connectivity index (χ2v) is 3.83. The summed E-state index contributed by atoms with van der Waals surface area (Å²) in [6.07, 6.45) is 0. The first-order chi connectivity index (χ1) is 5.59. The molecule has 0 heterocycles. The van der Waals surface area contributed by atoms with Crippen molar-refractivity contribution in [3.63, 3.8) is 0 Å². The van der Waals surface area contributed by atoms with Gasteiger partial charge in [-0.15, -0.1) is 0 Å². The van der Waals surface area contributed by atoms with Crippen LogP contribution in [0.25, 0.3) is 0 Å². The van der Waals surface area contributed by atoms with Crippen molar-refractivity contribution in [2.24, 2.45) is 0 Å². The molecule has 0 radical (unpaired) electrons. The van der Waals surface area contributed by atoms with Gasteiger partial charge in [0.2, 0.25) is 0 Å². The minimum Gasteiger partial charge on any atom is -0.306 e. The van der Waals surface area contributed by atoms with Crippen molar-refractivity contribution < 1.29 is 8.76 Å². The van der Waals surface area contributed by atoms with E-state index in [0.717, 1.165) is 16.7 Å². The van der Waals surface area contributed by atoms with E-state index in [1.807, 2.05) is 32.0 Å². The first-order valence-corrected chi connectivity index (χ1v) is 5.01. The zero-order valence-corrected chi connectivity index (χ0v) is 8.02. The molecule has 0 aromatic heterocycles. The lowest BCUT2D eigenvalue weighted by molar-refractivity contribution is 0.563. The molecule has 1 atom stereocenters. The molecular weight excluding hydrogens is 172 g/mol. The van der Waals surface area contributed by atoms with Crippen molar-refractivity contribution >= 4 is 11.1 Å². The summed E-state index contributed by atoms with van der Waals surface area (Å²) in [6, 6.07) is 5.92. The van der Waals surface area contributed by atoms with Crippen molar-refractivity contribution in [3.8, 4) is 0 Å². The molecule has 0 bridgehead atoms. The van der Waals surface area contributed by atoms with Gasteiger partial charge < -0.3 is 4.55 Å². The van der Waals surface area contributed by atoms with Crippen LogP contribution in [0.3, 0.4) is 0 Å². The number of hydrogen-bond donors (Lipinski definition) is 1. The van der Waals surface area contributed by atoms with Gasteiger partial charge in [0.1, 0.15) is 0 Å². The van der Waals surface area contributed by atoms with Crippen LogP contribution >= 0.6 is 0 Å². The third-order valence-corrected chi connectivity index (χ3v) is 2.34. The molecule has 1 N–H and O–H groups in total. The van der Waals surface area contributed by atoms with E-state index in [4.69, 9.17) is 4.55 Å². The second kappa shape index (κ2) is 3.83. The van der Waals surface area contributed by atoms with Crippen LogP contribution in [-0.2, 0) is 16.8 Å². The predicted octanol–water partition coefficient (Wildman–Crippen LogP) is 2.03. The molecule has 0 fully saturated rings. The fourth-order valence-corrected chi connectivity index (χ4v) is 1.67. The van der Waals surface area contributed by atoms with Gasteiger partial charge >= 0.3 is 0 Å². The molecule has 0 saturated heterocycles. The largest absolute Gasteiger partial charge is 0.306 e. The van der Waals surface area contributed by atoms with Crippen LogP contribution in [0.1, 0.15) is 16.7 Å². The number of rotatable bonds is 2. The maximum absolute atomic E-state index is 10.5. The maximum atomic E-state index is 10.5. The first-order valence-electron chi connectivity index (χ1n) is 3.73. The molecule has 12 heavy (non-hydrogen) atoms. The topological polar surface area (TPSA) is 37.3 Å². The highest BCUT2D eigenvalue weighted by molar-refractivity contribution is 7.78. The molecule has 0 spiro atoms. The Morgan fingerprint density at radius 1 is 1.42 bits per heavy atom. The maximum Gasteiger partial charge on any atom is 0.157 e. The van der Waals surface area contributed by atoms with Crippen LogP contribution in [0.15, 0.2) is 18.2 Å². The number of hydrogen-bond acceptors (Lipinski definition) is 1. The Kier molecular flexibility index (Phi) is 3.00. The monoisotopic (exact) mass is 184 g/mol. The van der Waals surface area contributed by atoms with Crippen molar-refractivity contribution in [2.75, 3.05) is 0 Å². The molecule has 0 saturated carbocycles. The van der Waals surface area contributed by atoms with E-state index in [-0.39, 0.29) is 5.75 Å². The Morgan fingerprint density at radius 2 is 2.08 bits per heavy atom. The van der Waals surface area contributed by atoms with Gasteiger partial charge in [-0.2, -0.15) is 0 Å². The summed E-state index contributed by atoms with van der Waals surface area (Å²) in [5.74, 6) is 0.230. The minimum absolute atomic E-state index is 0.230. The van der Waals surface area contributed by atoms with E-state index in [9.17, 15) is 4.21 Å². The summed E-state index contributed by atoms with van der Waals surface area (Å²) < 4.78 is 19.2. The highest BCUT2D eigenvalue weighted by Gasteiger charge is 2.01. The van der Waals surface area contributed by atoms with Gasteiger partial charge in [0.15, 0.2) is 11.1 Å². The fourth-order valence-electron chi connectivity index (χ4n) is 1.09. The van der Waals surface area contributed by atoms with Gasteiger partial charge in [-0.25, -0.2) is 4.21 Å². The first kappa shape index (κ1) is 9.42. The van der Waals surface area contributed by atoms with Gasteiger partial charge in [-0.1, -0.05) is 23.8 Å². The van der Waals surface area contributed by atoms with Crippen molar-refractivity contribution in [1.82, 2.24) is 0 Å². The lowest BCUT2D eigenvalue weighted by Gasteiger charge is -2.03. The zero-order chi connectivity index (χ0) is 9.14. The lowest BCUT2D eigenvalue weighted by Crippen LogP contribution is -1.96. The average Bonchev–Trinajstić information content (AvgIpc) is 1.96. The van der Waals surface area contributed by atoms with Gasteiger partial charge in [0, 0.05) is 0 Å². The fraction of sp³-hybridized carbons (Fsp3) is 0.333. The Balaban J connectivity index is 2.97. The molecule has 1 rings (SSSR count). The molecule has 0 aliphatic heterocycles. The Bertz CT molecular complexity index is 307. The van der Waals surface area contributed by atoms with Crippen LogP contribution < -0.4 is 0 Å². The molecule has 3 heteroatoms. The van der Waals surface area contributed by atoms with E-state index in [0.29, 0.717) is 0 Å². The molecule has 1 aromatic rings. The molecule has 1 aromatic carbocycles. The summed E-state index contributed by atoms with van der Waals surface area (Å²) in [7, 11) is 0. The van der Waals surface area contributed by atoms with Gasteiger partial charge in [-0.3, -0.25) is 0 Å². The molecule has 0 amide bonds. The molecule has 1 unspecified atom stereocenters. The quantitative estimate of drug-likeness (QED) is 0.714. The standard InChI is InChI=1S/C9H12O2S/c1-7-3-4-8(2)9(5-7)6-12(10)11/h3-5H,6H2,1-2H3,(H,10,11). The highest BCUT2D eigenvalue weighted by atomic mass is 32.2. The van der Waals surface area contributed by atoms with Crippen LogP contribution in [0.5, 0.6) is 0 Å². The number of aryl methyl sites for hydroxylation is 2. The number of benzene rings is 1. The summed E-state index contributed by atoms with van der Waals surface area (Å²) in [6.45, 7) is 3.92. The highest BCUT2D eigenvalue weighted by Crippen LogP contribution is 2.11. The predicted molar refractivity (Wildman–Crippen MR) is 50.4 cm³/mol. The Hall–Kier alpha value is -0.670. The van der Waals surface area contributed by atoms with Crippen molar-refractivity contribution in [1.29, 1.82) is 0 Å². The Labute approximate surface area is 74.9 Å². The third kappa shape index (κ3) is 2.43. The van der Waals surface area contributed by atoms with Crippen molar-refractivity contribution in [3.05, 3.63) is 34.9 Å². The summed E-state index contributed by atoms with van der Waals surface area (Å²) in [5, 5.41) is 0.